The third-order valence-electron chi connectivity index (χ3n) is 3.68. The maximum atomic E-state index is 13.4. The molecule has 106 valence electrons. The number of hydrogen-bond donors (Lipinski definition) is 0. The van der Waals surface area contributed by atoms with E-state index in [-0.39, 0.29) is 0 Å². The molecule has 0 fully saturated rings. The van der Waals surface area contributed by atoms with Crippen molar-refractivity contribution in [2.45, 2.75) is 12.5 Å². The number of fused-ring (bicyclic) bond motifs is 1. The van der Waals surface area contributed by atoms with E-state index in [1.54, 1.807) is 24.3 Å². The lowest BCUT2D eigenvalue weighted by molar-refractivity contribution is 0.0559. The average Bonchev–Trinajstić information content (AvgIpc) is 2.78. The number of halogens is 1. The van der Waals surface area contributed by atoms with E-state index in [1.165, 1.54) is 0 Å². The summed E-state index contributed by atoms with van der Waals surface area (Å²) in [5.74, 6) is -0.816. The Kier molecular flexibility index (Phi) is 3.52. The van der Waals surface area contributed by atoms with Crippen molar-refractivity contribution in [2.75, 3.05) is 6.67 Å². The smallest absolute Gasteiger partial charge is 0.261 e. The van der Waals surface area contributed by atoms with Crippen LogP contribution in [-0.2, 0) is 6.42 Å². The Bertz CT molecular complexity index is 649. The van der Waals surface area contributed by atoms with Crippen molar-refractivity contribution in [3.05, 3.63) is 71.3 Å². The summed E-state index contributed by atoms with van der Waals surface area (Å²) < 4.78 is 13.4. The van der Waals surface area contributed by atoms with Crippen LogP contribution in [-0.4, -0.2) is 29.4 Å². The van der Waals surface area contributed by atoms with Crippen LogP contribution in [0.1, 0.15) is 26.3 Å². The van der Waals surface area contributed by atoms with Crippen LogP contribution < -0.4 is 0 Å². The Labute approximate surface area is 122 Å². The van der Waals surface area contributed by atoms with Crippen LogP contribution in [0.5, 0.6) is 0 Å². The Morgan fingerprint density at radius 2 is 1.38 bits per heavy atom. The highest BCUT2D eigenvalue weighted by molar-refractivity contribution is 6.21. The molecule has 4 heteroatoms. The molecule has 3 nitrogen and oxygen atoms in total. The minimum absolute atomic E-state index is 0.322. The first kappa shape index (κ1) is 13.5. The molecule has 0 aliphatic carbocycles. The highest BCUT2D eigenvalue weighted by atomic mass is 19.1. The van der Waals surface area contributed by atoms with Crippen molar-refractivity contribution in [2.24, 2.45) is 0 Å². The fraction of sp³-hybridized carbons (Fsp3) is 0.176. The van der Waals surface area contributed by atoms with Crippen LogP contribution in [0.2, 0.25) is 0 Å². The van der Waals surface area contributed by atoms with E-state index < -0.39 is 24.5 Å². The standard InChI is InChI=1S/C17H14FNO2/c18-11-13(10-12-6-2-1-3-7-12)19-16(20)14-8-4-5-9-15(14)17(19)21/h1-9,13H,10-11H2. The summed E-state index contributed by atoms with van der Waals surface area (Å²) in [6.45, 7) is -0.750. The minimum Gasteiger partial charge on any atom is -0.269 e. The Morgan fingerprint density at radius 3 is 1.90 bits per heavy atom. The zero-order valence-electron chi connectivity index (χ0n) is 11.3. The maximum absolute atomic E-state index is 13.4. The van der Waals surface area contributed by atoms with E-state index in [4.69, 9.17) is 0 Å². The van der Waals surface area contributed by atoms with Crippen LogP contribution in [0, 0.1) is 0 Å². The van der Waals surface area contributed by atoms with Gasteiger partial charge in [0.1, 0.15) is 6.67 Å². The summed E-state index contributed by atoms with van der Waals surface area (Å²) in [5, 5.41) is 0. The molecule has 0 radical (unpaired) electrons. The van der Waals surface area contributed by atoms with Crippen LogP contribution >= 0.6 is 0 Å². The SMILES string of the molecule is O=C1c2ccccc2C(=O)N1C(CF)Cc1ccccc1. The Balaban J connectivity index is 1.89. The summed E-state index contributed by atoms with van der Waals surface area (Å²) in [5.41, 5.74) is 1.61. The quantitative estimate of drug-likeness (QED) is 0.809. The molecule has 3 rings (SSSR count). The van der Waals surface area contributed by atoms with Crippen molar-refractivity contribution in [3.8, 4) is 0 Å². The Hall–Kier alpha value is -2.49. The van der Waals surface area contributed by atoms with Gasteiger partial charge in [-0.05, 0) is 24.1 Å². The second kappa shape index (κ2) is 5.48. The number of imide groups is 1. The average molecular weight is 283 g/mol. The van der Waals surface area contributed by atoms with Crippen LogP contribution in [0.25, 0.3) is 0 Å². The van der Waals surface area contributed by atoms with Gasteiger partial charge < -0.3 is 0 Å². The molecule has 1 atom stereocenters. The molecule has 2 aromatic rings. The summed E-state index contributed by atoms with van der Waals surface area (Å²) in [6.07, 6.45) is 0.322. The topological polar surface area (TPSA) is 37.4 Å². The van der Waals surface area contributed by atoms with Gasteiger partial charge in [0.2, 0.25) is 0 Å². The van der Waals surface area contributed by atoms with Crippen molar-refractivity contribution in [1.29, 1.82) is 0 Å². The largest absolute Gasteiger partial charge is 0.269 e. The molecule has 1 unspecified atom stereocenters. The van der Waals surface area contributed by atoms with Crippen molar-refractivity contribution >= 4 is 11.8 Å². The summed E-state index contributed by atoms with van der Waals surface area (Å²) >= 11 is 0. The fourth-order valence-electron chi connectivity index (χ4n) is 2.64. The molecule has 0 saturated heterocycles. The zero-order chi connectivity index (χ0) is 14.8. The lowest BCUT2D eigenvalue weighted by Crippen LogP contribution is -2.42. The molecule has 0 bridgehead atoms. The van der Waals surface area contributed by atoms with E-state index >= 15 is 0 Å². The molecule has 2 amide bonds. The summed E-state index contributed by atoms with van der Waals surface area (Å²) in [4.78, 5) is 25.7. The van der Waals surface area contributed by atoms with Gasteiger partial charge in [-0.15, -0.1) is 0 Å². The number of nitrogens with zero attached hydrogens (tertiary/aromatic N) is 1. The molecular formula is C17H14FNO2. The minimum atomic E-state index is -0.764. The van der Waals surface area contributed by atoms with Gasteiger partial charge in [0.05, 0.1) is 17.2 Å². The van der Waals surface area contributed by atoms with Gasteiger partial charge in [-0.1, -0.05) is 42.5 Å². The number of alkyl halides is 1. The molecule has 21 heavy (non-hydrogen) atoms. The first-order valence-electron chi connectivity index (χ1n) is 6.79. The second-order valence-electron chi connectivity index (χ2n) is 5.02. The van der Waals surface area contributed by atoms with Crippen LogP contribution in [0.15, 0.2) is 54.6 Å². The van der Waals surface area contributed by atoms with Gasteiger partial charge >= 0.3 is 0 Å². The second-order valence-corrected chi connectivity index (χ2v) is 5.02. The van der Waals surface area contributed by atoms with E-state index in [9.17, 15) is 14.0 Å². The lowest BCUT2D eigenvalue weighted by atomic mass is 10.1. The number of hydrogen-bond acceptors (Lipinski definition) is 2. The fourth-order valence-corrected chi connectivity index (χ4v) is 2.64. The van der Waals surface area contributed by atoms with Crippen LogP contribution in [0.4, 0.5) is 4.39 Å². The van der Waals surface area contributed by atoms with Crippen molar-refractivity contribution < 1.29 is 14.0 Å². The molecule has 1 aliphatic heterocycles. The monoisotopic (exact) mass is 283 g/mol. The van der Waals surface area contributed by atoms with E-state index in [1.807, 2.05) is 30.3 Å². The highest BCUT2D eigenvalue weighted by Gasteiger charge is 2.39. The van der Waals surface area contributed by atoms with Crippen molar-refractivity contribution in [3.63, 3.8) is 0 Å². The molecule has 0 spiro atoms. The van der Waals surface area contributed by atoms with Gasteiger partial charge in [0, 0.05) is 0 Å². The third kappa shape index (κ3) is 2.33. The molecule has 2 aromatic carbocycles. The Morgan fingerprint density at radius 1 is 0.857 bits per heavy atom. The molecule has 0 N–H and O–H groups in total. The predicted octanol–water partition coefficient (Wildman–Crippen LogP) is 2.86. The number of amides is 2. The summed E-state index contributed by atoms with van der Waals surface area (Å²) in [7, 11) is 0. The normalized spacial score (nSPS) is 15.2. The van der Waals surface area contributed by atoms with Crippen molar-refractivity contribution in [1.82, 2.24) is 4.90 Å². The van der Waals surface area contributed by atoms with E-state index in [2.05, 4.69) is 0 Å². The number of rotatable bonds is 4. The van der Waals surface area contributed by atoms with E-state index in [0.29, 0.717) is 17.5 Å². The molecule has 0 aromatic heterocycles. The maximum Gasteiger partial charge on any atom is 0.261 e. The zero-order valence-corrected chi connectivity index (χ0v) is 11.3. The summed E-state index contributed by atoms with van der Waals surface area (Å²) in [6, 6.07) is 15.2. The highest BCUT2D eigenvalue weighted by Crippen LogP contribution is 2.26. The van der Waals surface area contributed by atoms with Gasteiger partial charge in [0.15, 0.2) is 0 Å². The number of carbonyl (C=O) groups excluding carboxylic acids is 2. The van der Waals surface area contributed by atoms with Gasteiger partial charge in [0.25, 0.3) is 11.8 Å². The lowest BCUT2D eigenvalue weighted by Gasteiger charge is -2.23. The first-order valence-corrected chi connectivity index (χ1v) is 6.79. The molecule has 1 aliphatic rings. The number of benzene rings is 2. The number of carbonyl (C=O) groups is 2. The van der Waals surface area contributed by atoms with Crippen LogP contribution in [0.3, 0.4) is 0 Å². The molecular weight excluding hydrogens is 269 g/mol. The van der Waals surface area contributed by atoms with Gasteiger partial charge in [-0.2, -0.15) is 0 Å². The van der Waals surface area contributed by atoms with Gasteiger partial charge in [-0.3, -0.25) is 14.5 Å². The first-order chi connectivity index (χ1) is 10.2. The van der Waals surface area contributed by atoms with Gasteiger partial charge in [-0.25, -0.2) is 4.39 Å². The predicted molar refractivity (Wildman–Crippen MR) is 76.9 cm³/mol. The molecule has 1 heterocycles. The molecule has 0 saturated carbocycles. The third-order valence-corrected chi connectivity index (χ3v) is 3.68. The van der Waals surface area contributed by atoms with E-state index in [0.717, 1.165) is 10.5 Å².